The maximum absolute atomic E-state index is 16.1. The van der Waals surface area contributed by atoms with Crippen molar-refractivity contribution in [1.82, 2.24) is 15.5 Å². The number of para-hydroxylation sites is 1. The Bertz CT molecular complexity index is 1340. The van der Waals surface area contributed by atoms with E-state index < -0.39 is 29.6 Å². The summed E-state index contributed by atoms with van der Waals surface area (Å²) in [6.07, 6.45) is 2.56. The molecule has 1 unspecified atom stereocenters. The van der Waals surface area contributed by atoms with E-state index in [-0.39, 0.29) is 56.9 Å². The zero-order valence-electron chi connectivity index (χ0n) is 27.1. The predicted octanol–water partition coefficient (Wildman–Crippen LogP) is 3.63. The molecule has 1 aliphatic heterocycles. The van der Waals surface area contributed by atoms with Gasteiger partial charge in [-0.1, -0.05) is 24.6 Å². The summed E-state index contributed by atoms with van der Waals surface area (Å²) in [5, 5.41) is 14.8. The second kappa shape index (κ2) is 18.9. The molecule has 258 valence electrons. The third-order valence-corrected chi connectivity index (χ3v) is 8.68. The number of halogens is 1. The number of amides is 3. The number of benzene rings is 1. The number of alkyl halides is 1. The van der Waals surface area contributed by atoms with Crippen LogP contribution >= 0.6 is 11.3 Å². The molecule has 3 amide bonds. The molecule has 1 fully saturated rings. The molecular weight excluding hydrogens is 629 g/mol. The number of likely N-dealkylation sites (tertiary alicyclic amines) is 1. The first kappa shape index (κ1) is 37.4. The molecule has 0 aliphatic carbocycles. The summed E-state index contributed by atoms with van der Waals surface area (Å²) in [6, 6.07) is 9.31. The summed E-state index contributed by atoms with van der Waals surface area (Å²) < 4.78 is 32.2. The number of thiophene rings is 1. The van der Waals surface area contributed by atoms with Crippen molar-refractivity contribution in [3.8, 4) is 5.75 Å². The van der Waals surface area contributed by atoms with Crippen molar-refractivity contribution in [1.29, 1.82) is 5.41 Å². The standard InChI is InChI=1S/C33H46FN5O7S/c1-3-45-30(42)14-8-5-9-15-44-22-33(34)18-26(32(43)38-23(2)27-17-24(20-47-27)31(35)36)39(21-33)29(41)19-37-28(40)13-10-16-46-25-11-6-4-7-12-25/h4,6-7,11-12,17,20,23,26H,3,5,8-10,13-16,18-19,21-22H2,1-2H3,(H3,35,36)(H,37,40)(H,38,43)/t23?,26-,33+/m0/s1. The van der Waals surface area contributed by atoms with Crippen LogP contribution in [0, 0.1) is 5.41 Å². The Hall–Kier alpha value is -4.04. The number of nitrogens with zero attached hydrogens (tertiary/aromatic N) is 1. The molecule has 2 heterocycles. The maximum Gasteiger partial charge on any atom is 0.305 e. The molecule has 2 aromatic rings. The Labute approximate surface area is 279 Å². The molecular formula is C33H46FN5O7S. The number of nitrogens with two attached hydrogens (primary N) is 1. The molecule has 3 rings (SSSR count). The summed E-state index contributed by atoms with van der Waals surface area (Å²) in [6.45, 7) is 3.37. The third kappa shape index (κ3) is 12.6. The highest BCUT2D eigenvalue weighted by Gasteiger charge is 2.49. The van der Waals surface area contributed by atoms with Crippen LogP contribution in [0.4, 0.5) is 4.39 Å². The Morgan fingerprint density at radius 3 is 2.60 bits per heavy atom. The lowest BCUT2D eigenvalue weighted by Crippen LogP contribution is -2.49. The van der Waals surface area contributed by atoms with Crippen LogP contribution in [0.15, 0.2) is 41.8 Å². The van der Waals surface area contributed by atoms with Crippen LogP contribution in [-0.2, 0) is 28.7 Å². The molecule has 0 spiro atoms. The van der Waals surface area contributed by atoms with E-state index in [1.54, 1.807) is 25.3 Å². The lowest BCUT2D eigenvalue weighted by molar-refractivity contribution is -0.143. The van der Waals surface area contributed by atoms with Crippen LogP contribution in [0.3, 0.4) is 0 Å². The van der Waals surface area contributed by atoms with E-state index in [9.17, 15) is 19.2 Å². The Kier molecular flexibility index (Phi) is 15.1. The highest BCUT2D eigenvalue weighted by atomic mass is 32.1. The maximum atomic E-state index is 16.1. The molecule has 1 aliphatic rings. The summed E-state index contributed by atoms with van der Waals surface area (Å²) >= 11 is 1.33. The summed E-state index contributed by atoms with van der Waals surface area (Å²) in [4.78, 5) is 52.5. The van der Waals surface area contributed by atoms with Crippen LogP contribution < -0.4 is 21.1 Å². The van der Waals surface area contributed by atoms with Crippen molar-refractivity contribution in [3.05, 3.63) is 52.2 Å². The topological polar surface area (TPSA) is 173 Å². The van der Waals surface area contributed by atoms with Crippen molar-refractivity contribution >= 4 is 40.9 Å². The van der Waals surface area contributed by atoms with Crippen molar-refractivity contribution in [2.75, 3.05) is 39.5 Å². The number of unbranched alkanes of at least 4 members (excludes halogenated alkanes) is 2. The fraction of sp³-hybridized carbons (Fsp3) is 0.545. The van der Waals surface area contributed by atoms with Crippen LogP contribution in [0.5, 0.6) is 5.75 Å². The number of hydrogen-bond donors (Lipinski definition) is 4. The number of ether oxygens (including phenoxy) is 3. The molecule has 0 radical (unpaired) electrons. The van der Waals surface area contributed by atoms with Crippen molar-refractivity contribution < 1.29 is 37.8 Å². The van der Waals surface area contributed by atoms with Crippen molar-refractivity contribution in [3.63, 3.8) is 0 Å². The largest absolute Gasteiger partial charge is 0.494 e. The lowest BCUT2D eigenvalue weighted by Gasteiger charge is -2.25. The van der Waals surface area contributed by atoms with E-state index in [0.29, 0.717) is 56.6 Å². The number of carbonyl (C=O) groups is 4. The number of nitrogens with one attached hydrogen (secondary N) is 3. The summed E-state index contributed by atoms with van der Waals surface area (Å²) in [5.74, 6) is -1.13. The molecule has 1 aromatic heterocycles. The van der Waals surface area contributed by atoms with Gasteiger partial charge in [-0.05, 0) is 51.3 Å². The van der Waals surface area contributed by atoms with E-state index in [1.807, 2.05) is 30.3 Å². The van der Waals surface area contributed by atoms with Crippen LogP contribution in [0.2, 0.25) is 0 Å². The minimum absolute atomic E-state index is 0.0921. The quantitative estimate of drug-likeness (QED) is 0.0713. The van der Waals surface area contributed by atoms with Gasteiger partial charge in [0.25, 0.3) is 0 Å². The SMILES string of the molecule is CCOC(=O)CCCCCOC[C@@]1(F)C[C@@H](C(=O)NC(C)c2cc(C(=N)N)cs2)N(C(=O)CNC(=O)CCCOc2ccccc2)C1. The second-order valence-corrected chi connectivity index (χ2v) is 12.4. The summed E-state index contributed by atoms with van der Waals surface area (Å²) in [5.41, 5.74) is 4.12. The normalized spacial score (nSPS) is 17.9. The number of esters is 1. The van der Waals surface area contributed by atoms with E-state index in [1.165, 1.54) is 16.2 Å². The van der Waals surface area contributed by atoms with Gasteiger partial charge >= 0.3 is 5.97 Å². The third-order valence-electron chi connectivity index (χ3n) is 7.56. The Morgan fingerprint density at radius 2 is 1.89 bits per heavy atom. The van der Waals surface area contributed by atoms with E-state index in [4.69, 9.17) is 25.4 Å². The number of hydrogen-bond acceptors (Lipinski definition) is 9. The van der Waals surface area contributed by atoms with Gasteiger partial charge in [-0.25, -0.2) is 4.39 Å². The average Bonchev–Trinajstić information content (AvgIpc) is 3.68. The number of amidine groups is 1. The van der Waals surface area contributed by atoms with E-state index >= 15 is 4.39 Å². The lowest BCUT2D eigenvalue weighted by atomic mass is 10.0. The van der Waals surface area contributed by atoms with Crippen LogP contribution in [-0.4, -0.2) is 85.7 Å². The van der Waals surface area contributed by atoms with Gasteiger partial charge < -0.3 is 35.5 Å². The minimum Gasteiger partial charge on any atom is -0.494 e. The van der Waals surface area contributed by atoms with Gasteiger partial charge in [0.1, 0.15) is 17.6 Å². The average molecular weight is 676 g/mol. The van der Waals surface area contributed by atoms with E-state index in [2.05, 4.69) is 10.6 Å². The monoisotopic (exact) mass is 675 g/mol. The van der Waals surface area contributed by atoms with E-state index in [0.717, 1.165) is 4.88 Å². The first-order chi connectivity index (χ1) is 22.5. The Morgan fingerprint density at radius 1 is 1.13 bits per heavy atom. The zero-order chi connectivity index (χ0) is 34.2. The van der Waals surface area contributed by atoms with Gasteiger partial charge in [-0.3, -0.25) is 24.6 Å². The van der Waals surface area contributed by atoms with Crippen molar-refractivity contribution in [2.24, 2.45) is 5.73 Å². The molecule has 0 bridgehead atoms. The molecule has 5 N–H and O–H groups in total. The molecule has 0 saturated carbocycles. The highest BCUT2D eigenvalue weighted by Crippen LogP contribution is 2.32. The van der Waals surface area contributed by atoms with Gasteiger partial charge in [0.05, 0.1) is 39.0 Å². The first-order valence-electron chi connectivity index (χ1n) is 15.9. The van der Waals surface area contributed by atoms with Crippen LogP contribution in [0.25, 0.3) is 0 Å². The number of carbonyl (C=O) groups excluding carboxylic acids is 4. The highest BCUT2D eigenvalue weighted by molar-refractivity contribution is 7.10. The second-order valence-electron chi connectivity index (χ2n) is 11.5. The van der Waals surface area contributed by atoms with Gasteiger partial charge in [0, 0.05) is 41.7 Å². The molecule has 12 nitrogen and oxygen atoms in total. The van der Waals surface area contributed by atoms with Crippen LogP contribution in [0.1, 0.15) is 75.3 Å². The smallest absolute Gasteiger partial charge is 0.305 e. The molecule has 47 heavy (non-hydrogen) atoms. The van der Waals surface area contributed by atoms with Gasteiger partial charge in [-0.2, -0.15) is 0 Å². The Balaban J connectivity index is 1.54. The number of nitrogen functional groups attached to an aromatic ring is 1. The molecule has 14 heteroatoms. The summed E-state index contributed by atoms with van der Waals surface area (Å²) in [7, 11) is 0. The number of rotatable bonds is 20. The predicted molar refractivity (Wildman–Crippen MR) is 176 cm³/mol. The zero-order valence-corrected chi connectivity index (χ0v) is 27.9. The molecule has 3 atom stereocenters. The van der Waals surface area contributed by atoms with Gasteiger partial charge in [0.2, 0.25) is 17.7 Å². The first-order valence-corrected chi connectivity index (χ1v) is 16.8. The fourth-order valence-corrected chi connectivity index (χ4v) is 6.00. The fourth-order valence-electron chi connectivity index (χ4n) is 5.08. The van der Waals surface area contributed by atoms with Gasteiger partial charge in [0.15, 0.2) is 5.67 Å². The molecule has 1 saturated heterocycles. The van der Waals surface area contributed by atoms with Gasteiger partial charge in [-0.15, -0.1) is 11.3 Å². The molecule has 1 aromatic carbocycles. The minimum atomic E-state index is -1.98. The van der Waals surface area contributed by atoms with Crippen molar-refractivity contribution in [2.45, 2.75) is 76.5 Å².